The number of rotatable bonds is 14. The van der Waals surface area contributed by atoms with Gasteiger partial charge < -0.3 is 21.5 Å². The Hall–Kier alpha value is 0.730. The van der Waals surface area contributed by atoms with Crippen LogP contribution in [-0.4, -0.2) is 36.5 Å². The van der Waals surface area contributed by atoms with E-state index in [1.54, 1.807) is 0 Å². The molecule has 20 heavy (non-hydrogen) atoms. The molecule has 0 heterocycles. The van der Waals surface area contributed by atoms with Crippen LogP contribution in [0, 0.1) is 0 Å². The van der Waals surface area contributed by atoms with Gasteiger partial charge in [-0.15, -0.1) is 11.6 Å². The summed E-state index contributed by atoms with van der Waals surface area (Å²) in [6, 6.07) is 0. The van der Waals surface area contributed by atoms with Crippen LogP contribution in [0.4, 0.5) is 0 Å². The van der Waals surface area contributed by atoms with Crippen molar-refractivity contribution in [2.45, 2.75) is 78.6 Å². The molecule has 0 aromatic carbocycles. The molecule has 0 aliphatic heterocycles. The zero-order valence-electron chi connectivity index (χ0n) is 14.1. The number of nitrogens with zero attached hydrogens (tertiary/aromatic N) is 1. The second-order valence-corrected chi connectivity index (χ2v) is 6.42. The van der Waals surface area contributed by atoms with Gasteiger partial charge in [-0.1, -0.05) is 40.0 Å². The summed E-state index contributed by atoms with van der Waals surface area (Å²) in [4.78, 5) is 0. The fraction of sp³-hybridized carbons (Fsp3) is 1.00. The molecule has 0 atom stereocenters. The van der Waals surface area contributed by atoms with E-state index in [0.29, 0.717) is 0 Å². The average molecular weight is 371 g/mol. The number of unbranched alkanes of at least 4 members (excludes halogenated alkanes) is 5. The molecule has 0 aromatic heterocycles. The maximum absolute atomic E-state index is 5.86. The molecule has 124 valence electrons. The lowest BCUT2D eigenvalue weighted by Gasteiger charge is -2.39. The van der Waals surface area contributed by atoms with Crippen LogP contribution in [0.1, 0.15) is 78.6 Å². The van der Waals surface area contributed by atoms with Crippen LogP contribution in [0.25, 0.3) is 0 Å². The third-order valence-electron chi connectivity index (χ3n) is 4.22. The monoisotopic (exact) mass is 369 g/mol. The highest BCUT2D eigenvalue weighted by Gasteiger charge is 2.25. The van der Waals surface area contributed by atoms with Crippen molar-refractivity contribution in [3.05, 3.63) is 0 Å². The first kappa shape index (κ1) is 23.0. The lowest BCUT2D eigenvalue weighted by molar-refractivity contribution is -0.929. The van der Waals surface area contributed by atoms with Crippen molar-refractivity contribution in [2.75, 3.05) is 32.1 Å². The molecule has 0 saturated carbocycles. The number of quaternary nitrogens is 1. The first-order valence-corrected chi connectivity index (χ1v) is 9.19. The van der Waals surface area contributed by atoms with E-state index in [1.165, 1.54) is 88.4 Å². The van der Waals surface area contributed by atoms with E-state index in [1.807, 2.05) is 0 Å². The van der Waals surface area contributed by atoms with Crippen molar-refractivity contribution in [1.82, 2.24) is 0 Å². The molecule has 0 aliphatic rings. The Balaban J connectivity index is 0. The second kappa shape index (κ2) is 16.1. The first-order chi connectivity index (χ1) is 9.24. The minimum atomic E-state index is 0. The van der Waals surface area contributed by atoms with E-state index >= 15 is 0 Å². The third kappa shape index (κ3) is 11.4. The standard InChI is InChI=1S/C17H37ClN.BrH/c1-4-7-11-16-19(14-8-5-2,15-9-6-3)17-12-10-13-18;/h4-17H2,1-3H3;1H/q+1;/p-1. The van der Waals surface area contributed by atoms with Crippen LogP contribution in [0.5, 0.6) is 0 Å². The van der Waals surface area contributed by atoms with Gasteiger partial charge in [-0.3, -0.25) is 0 Å². The van der Waals surface area contributed by atoms with Gasteiger partial charge >= 0.3 is 0 Å². The van der Waals surface area contributed by atoms with E-state index in [4.69, 9.17) is 11.6 Å². The third-order valence-corrected chi connectivity index (χ3v) is 4.49. The number of halogens is 2. The summed E-state index contributed by atoms with van der Waals surface area (Å²) < 4.78 is 1.37. The summed E-state index contributed by atoms with van der Waals surface area (Å²) >= 11 is 5.86. The quantitative estimate of drug-likeness (QED) is 0.250. The Morgan fingerprint density at radius 2 is 1.00 bits per heavy atom. The molecular formula is C17H37BrClN. The molecule has 0 N–H and O–H groups in total. The predicted octanol–water partition coefficient (Wildman–Crippen LogP) is 2.62. The van der Waals surface area contributed by atoms with Crippen LogP contribution in [-0.2, 0) is 0 Å². The van der Waals surface area contributed by atoms with Gasteiger partial charge in [-0.2, -0.15) is 0 Å². The van der Waals surface area contributed by atoms with Crippen molar-refractivity contribution < 1.29 is 21.5 Å². The highest BCUT2D eigenvalue weighted by atomic mass is 79.9. The molecule has 0 saturated heterocycles. The fourth-order valence-electron chi connectivity index (χ4n) is 2.90. The predicted molar refractivity (Wildman–Crippen MR) is 89.0 cm³/mol. The molecule has 3 heteroatoms. The van der Waals surface area contributed by atoms with Crippen molar-refractivity contribution >= 4 is 11.6 Å². The summed E-state index contributed by atoms with van der Waals surface area (Å²) in [6.07, 6.45) is 12.1. The van der Waals surface area contributed by atoms with Crippen molar-refractivity contribution in [3.63, 3.8) is 0 Å². The zero-order valence-corrected chi connectivity index (χ0v) is 16.4. The Bertz CT molecular complexity index is 168. The lowest BCUT2D eigenvalue weighted by Crippen LogP contribution is -3.00. The molecular weight excluding hydrogens is 334 g/mol. The first-order valence-electron chi connectivity index (χ1n) is 8.65. The average Bonchev–Trinajstić information content (AvgIpc) is 2.43. The molecule has 0 aromatic rings. The van der Waals surface area contributed by atoms with Gasteiger partial charge in [0.05, 0.1) is 26.2 Å². The van der Waals surface area contributed by atoms with Gasteiger partial charge in [-0.25, -0.2) is 0 Å². The zero-order chi connectivity index (χ0) is 14.4. The molecule has 0 unspecified atom stereocenters. The molecule has 0 fully saturated rings. The molecule has 0 spiro atoms. The van der Waals surface area contributed by atoms with Crippen molar-refractivity contribution in [3.8, 4) is 0 Å². The van der Waals surface area contributed by atoms with Gasteiger partial charge in [0, 0.05) is 5.88 Å². The Morgan fingerprint density at radius 3 is 1.40 bits per heavy atom. The number of alkyl halides is 1. The lowest BCUT2D eigenvalue weighted by atomic mass is 10.1. The molecule has 0 rings (SSSR count). The summed E-state index contributed by atoms with van der Waals surface area (Å²) in [5.41, 5.74) is 0. The molecule has 1 nitrogen and oxygen atoms in total. The van der Waals surface area contributed by atoms with Crippen LogP contribution < -0.4 is 17.0 Å². The smallest absolute Gasteiger partial charge is 0.0787 e. The molecule has 0 bridgehead atoms. The molecule has 0 radical (unpaired) electrons. The Labute approximate surface area is 143 Å². The van der Waals surface area contributed by atoms with E-state index in [2.05, 4.69) is 20.8 Å². The number of hydrogen-bond donors (Lipinski definition) is 0. The highest BCUT2D eigenvalue weighted by Crippen LogP contribution is 2.17. The normalized spacial score (nSPS) is 11.4. The van der Waals surface area contributed by atoms with E-state index in [9.17, 15) is 0 Å². The minimum Gasteiger partial charge on any atom is -1.00 e. The SMILES string of the molecule is CCCCC[N+](CCCC)(CCCC)CCCCCl.[Br-]. The fourth-order valence-corrected chi connectivity index (χ4v) is 3.09. The van der Waals surface area contributed by atoms with Gasteiger partial charge in [0.15, 0.2) is 0 Å². The van der Waals surface area contributed by atoms with E-state index in [-0.39, 0.29) is 17.0 Å². The van der Waals surface area contributed by atoms with Crippen LogP contribution >= 0.6 is 11.6 Å². The largest absolute Gasteiger partial charge is 1.00 e. The van der Waals surface area contributed by atoms with Crippen molar-refractivity contribution in [2.24, 2.45) is 0 Å². The number of hydrogen-bond acceptors (Lipinski definition) is 0. The van der Waals surface area contributed by atoms with E-state index in [0.717, 1.165) is 5.88 Å². The van der Waals surface area contributed by atoms with Crippen LogP contribution in [0.3, 0.4) is 0 Å². The Kier molecular flexibility index (Phi) is 18.5. The summed E-state index contributed by atoms with van der Waals surface area (Å²) in [7, 11) is 0. The van der Waals surface area contributed by atoms with Gasteiger partial charge in [0.1, 0.15) is 0 Å². The maximum atomic E-state index is 5.86. The maximum Gasteiger partial charge on any atom is 0.0787 e. The molecule has 0 amide bonds. The van der Waals surface area contributed by atoms with Gasteiger partial charge in [0.2, 0.25) is 0 Å². The van der Waals surface area contributed by atoms with Crippen molar-refractivity contribution in [1.29, 1.82) is 0 Å². The summed E-state index contributed by atoms with van der Waals surface area (Å²) in [6.45, 7) is 12.5. The highest BCUT2D eigenvalue weighted by molar-refractivity contribution is 6.17. The van der Waals surface area contributed by atoms with Gasteiger partial charge in [0.25, 0.3) is 0 Å². The minimum absolute atomic E-state index is 0. The Morgan fingerprint density at radius 1 is 0.600 bits per heavy atom. The summed E-state index contributed by atoms with van der Waals surface area (Å²) in [5.74, 6) is 0.830. The van der Waals surface area contributed by atoms with Crippen LogP contribution in [0.2, 0.25) is 0 Å². The van der Waals surface area contributed by atoms with E-state index < -0.39 is 0 Å². The molecule has 0 aliphatic carbocycles. The summed E-state index contributed by atoms with van der Waals surface area (Å²) in [5, 5.41) is 0. The van der Waals surface area contributed by atoms with Gasteiger partial charge in [-0.05, 0) is 38.5 Å². The van der Waals surface area contributed by atoms with Crippen LogP contribution in [0.15, 0.2) is 0 Å². The topological polar surface area (TPSA) is 0 Å². The second-order valence-electron chi connectivity index (χ2n) is 6.05.